The zero-order valence-electron chi connectivity index (χ0n) is 9.39. The van der Waals surface area contributed by atoms with E-state index in [4.69, 9.17) is 0 Å². The number of nitrogens with zero attached hydrogens (tertiary/aromatic N) is 2. The molecule has 0 radical (unpaired) electrons. The van der Waals surface area contributed by atoms with Crippen molar-refractivity contribution in [2.24, 2.45) is 0 Å². The summed E-state index contributed by atoms with van der Waals surface area (Å²) in [5.41, 5.74) is 3.31. The minimum Gasteiger partial charge on any atom is -0.239 e. The van der Waals surface area contributed by atoms with Crippen molar-refractivity contribution in [2.45, 2.75) is 6.92 Å². The van der Waals surface area contributed by atoms with Crippen molar-refractivity contribution in [3.8, 4) is 5.69 Å². The third-order valence-electron chi connectivity index (χ3n) is 2.76. The van der Waals surface area contributed by atoms with E-state index in [1.807, 2.05) is 29.1 Å². The number of hydrogen-bond acceptors (Lipinski definition) is 1. The minimum absolute atomic E-state index is 1.01. The summed E-state index contributed by atoms with van der Waals surface area (Å²) in [4.78, 5) is 0. The van der Waals surface area contributed by atoms with Crippen molar-refractivity contribution in [1.29, 1.82) is 0 Å². The standard InChI is InChI=1S/C14H11BrN2/c1-10-6-7-14(12(15)8-10)17-9-11-4-2-3-5-13(11)16-17/h2-9H,1H3. The third kappa shape index (κ3) is 1.87. The van der Waals surface area contributed by atoms with E-state index < -0.39 is 0 Å². The van der Waals surface area contributed by atoms with Gasteiger partial charge in [0.05, 0.1) is 11.2 Å². The molecule has 1 heterocycles. The molecule has 0 fully saturated rings. The molecular formula is C14H11BrN2. The van der Waals surface area contributed by atoms with E-state index in [0.717, 1.165) is 21.1 Å². The van der Waals surface area contributed by atoms with Crippen LogP contribution in [0.5, 0.6) is 0 Å². The fraction of sp³-hybridized carbons (Fsp3) is 0.0714. The molecule has 0 amide bonds. The van der Waals surface area contributed by atoms with E-state index in [2.05, 4.69) is 52.2 Å². The molecular weight excluding hydrogens is 276 g/mol. The zero-order chi connectivity index (χ0) is 11.8. The van der Waals surface area contributed by atoms with E-state index in [1.165, 1.54) is 5.56 Å². The number of rotatable bonds is 1. The molecule has 3 aromatic rings. The molecule has 0 spiro atoms. The van der Waals surface area contributed by atoms with Gasteiger partial charge in [-0.05, 0) is 46.6 Å². The first-order valence-corrected chi connectivity index (χ1v) is 6.24. The lowest BCUT2D eigenvalue weighted by Gasteiger charge is -2.04. The van der Waals surface area contributed by atoms with Gasteiger partial charge in [-0.3, -0.25) is 0 Å². The predicted octanol–water partition coefficient (Wildman–Crippen LogP) is 4.10. The Kier molecular flexibility index (Phi) is 2.48. The van der Waals surface area contributed by atoms with Crippen LogP contribution >= 0.6 is 15.9 Å². The summed E-state index contributed by atoms with van der Waals surface area (Å²) >= 11 is 3.58. The van der Waals surface area contributed by atoms with Gasteiger partial charge in [-0.25, -0.2) is 4.68 Å². The summed E-state index contributed by atoms with van der Waals surface area (Å²) in [5, 5.41) is 5.71. The van der Waals surface area contributed by atoms with Crippen LogP contribution in [0.3, 0.4) is 0 Å². The van der Waals surface area contributed by atoms with Crippen molar-refractivity contribution >= 4 is 26.8 Å². The van der Waals surface area contributed by atoms with Crippen LogP contribution in [0.4, 0.5) is 0 Å². The summed E-state index contributed by atoms with van der Waals surface area (Å²) < 4.78 is 2.97. The molecule has 0 atom stereocenters. The van der Waals surface area contributed by atoms with Gasteiger partial charge in [0.25, 0.3) is 0 Å². The lowest BCUT2D eigenvalue weighted by Crippen LogP contribution is -1.95. The fourth-order valence-corrected chi connectivity index (χ4v) is 2.56. The molecule has 0 aliphatic rings. The first kappa shape index (κ1) is 10.5. The molecule has 3 heteroatoms. The quantitative estimate of drug-likeness (QED) is 0.659. The van der Waals surface area contributed by atoms with Crippen LogP contribution in [0, 0.1) is 6.92 Å². The molecule has 0 saturated carbocycles. The Morgan fingerprint density at radius 1 is 1.12 bits per heavy atom. The van der Waals surface area contributed by atoms with Crippen molar-refractivity contribution in [1.82, 2.24) is 9.78 Å². The van der Waals surface area contributed by atoms with Crippen LogP contribution in [-0.4, -0.2) is 9.78 Å². The highest BCUT2D eigenvalue weighted by Gasteiger charge is 2.05. The van der Waals surface area contributed by atoms with E-state index in [0.29, 0.717) is 0 Å². The predicted molar refractivity (Wildman–Crippen MR) is 73.5 cm³/mol. The van der Waals surface area contributed by atoms with Gasteiger partial charge in [-0.1, -0.05) is 24.3 Å². The molecule has 0 N–H and O–H groups in total. The number of aromatic nitrogens is 2. The van der Waals surface area contributed by atoms with Gasteiger partial charge < -0.3 is 0 Å². The average molecular weight is 287 g/mol. The second-order valence-electron chi connectivity index (χ2n) is 4.09. The highest BCUT2D eigenvalue weighted by atomic mass is 79.9. The maximum Gasteiger partial charge on any atom is 0.0927 e. The zero-order valence-corrected chi connectivity index (χ0v) is 11.0. The molecule has 1 aromatic heterocycles. The van der Waals surface area contributed by atoms with E-state index in [1.54, 1.807) is 0 Å². The highest BCUT2D eigenvalue weighted by molar-refractivity contribution is 9.10. The molecule has 0 aliphatic carbocycles. The van der Waals surface area contributed by atoms with Gasteiger partial charge in [-0.2, -0.15) is 5.10 Å². The molecule has 17 heavy (non-hydrogen) atoms. The van der Waals surface area contributed by atoms with E-state index >= 15 is 0 Å². The molecule has 0 unspecified atom stereocenters. The Balaban J connectivity index is 2.20. The number of aryl methyl sites for hydroxylation is 1. The van der Waals surface area contributed by atoms with Crippen molar-refractivity contribution in [3.63, 3.8) is 0 Å². The lowest BCUT2D eigenvalue weighted by molar-refractivity contribution is 0.891. The molecule has 2 nitrogen and oxygen atoms in total. The van der Waals surface area contributed by atoms with Gasteiger partial charge in [0.2, 0.25) is 0 Å². The van der Waals surface area contributed by atoms with Gasteiger partial charge in [0, 0.05) is 16.1 Å². The normalized spacial score (nSPS) is 10.9. The lowest BCUT2D eigenvalue weighted by atomic mass is 10.2. The first-order chi connectivity index (χ1) is 8.24. The Bertz CT molecular complexity index is 653. The van der Waals surface area contributed by atoms with E-state index in [9.17, 15) is 0 Å². The SMILES string of the molecule is Cc1ccc(-n2cc3ccccc3n2)c(Br)c1. The second-order valence-corrected chi connectivity index (χ2v) is 4.94. The Hall–Kier alpha value is -1.61. The Morgan fingerprint density at radius 2 is 1.94 bits per heavy atom. The largest absolute Gasteiger partial charge is 0.239 e. The highest BCUT2D eigenvalue weighted by Crippen LogP contribution is 2.23. The van der Waals surface area contributed by atoms with Crippen LogP contribution in [0.1, 0.15) is 5.56 Å². The van der Waals surface area contributed by atoms with Crippen LogP contribution < -0.4 is 0 Å². The van der Waals surface area contributed by atoms with Gasteiger partial charge in [-0.15, -0.1) is 0 Å². The number of fused-ring (bicyclic) bond motifs is 1. The fourth-order valence-electron chi connectivity index (χ4n) is 1.89. The first-order valence-electron chi connectivity index (χ1n) is 5.45. The van der Waals surface area contributed by atoms with Gasteiger partial charge >= 0.3 is 0 Å². The molecule has 0 bridgehead atoms. The van der Waals surface area contributed by atoms with Crippen LogP contribution in [-0.2, 0) is 0 Å². The second kappa shape index (κ2) is 4.00. The monoisotopic (exact) mass is 286 g/mol. The van der Waals surface area contributed by atoms with Gasteiger partial charge in [0.15, 0.2) is 0 Å². The van der Waals surface area contributed by atoms with Crippen LogP contribution in [0.25, 0.3) is 16.6 Å². The smallest absolute Gasteiger partial charge is 0.0927 e. The Labute approximate surface area is 108 Å². The van der Waals surface area contributed by atoms with Crippen molar-refractivity contribution < 1.29 is 0 Å². The topological polar surface area (TPSA) is 17.8 Å². The summed E-state index contributed by atoms with van der Waals surface area (Å²) in [6, 6.07) is 14.4. The summed E-state index contributed by atoms with van der Waals surface area (Å²) in [6.45, 7) is 2.08. The maximum atomic E-state index is 4.56. The number of benzene rings is 2. The van der Waals surface area contributed by atoms with Crippen LogP contribution in [0.2, 0.25) is 0 Å². The molecule has 3 rings (SSSR count). The molecule has 0 saturated heterocycles. The number of halogens is 1. The average Bonchev–Trinajstić information content (AvgIpc) is 2.72. The number of hydrogen-bond donors (Lipinski definition) is 0. The van der Waals surface area contributed by atoms with Gasteiger partial charge in [0.1, 0.15) is 0 Å². The third-order valence-corrected chi connectivity index (χ3v) is 3.40. The summed E-state index contributed by atoms with van der Waals surface area (Å²) in [7, 11) is 0. The van der Waals surface area contributed by atoms with Crippen molar-refractivity contribution in [3.05, 3.63) is 58.7 Å². The Morgan fingerprint density at radius 3 is 2.71 bits per heavy atom. The summed E-state index contributed by atoms with van der Waals surface area (Å²) in [6.07, 6.45) is 2.05. The maximum absolute atomic E-state index is 4.56. The van der Waals surface area contributed by atoms with Crippen LogP contribution in [0.15, 0.2) is 53.1 Å². The van der Waals surface area contributed by atoms with E-state index in [-0.39, 0.29) is 0 Å². The van der Waals surface area contributed by atoms with Crippen molar-refractivity contribution in [2.75, 3.05) is 0 Å². The minimum atomic E-state index is 1.01. The molecule has 84 valence electrons. The molecule has 0 aliphatic heterocycles. The summed E-state index contributed by atoms with van der Waals surface area (Å²) in [5.74, 6) is 0. The molecule has 2 aromatic carbocycles.